The van der Waals surface area contributed by atoms with Crippen LogP contribution in [0.5, 0.6) is 5.75 Å². The molecule has 0 aliphatic carbocycles. The minimum absolute atomic E-state index is 0.00697. The largest absolute Gasteiger partial charge is 0.495 e. The Labute approximate surface area is 195 Å². The quantitative estimate of drug-likeness (QED) is 0.516. The molecule has 0 unspecified atom stereocenters. The van der Waals surface area contributed by atoms with Crippen molar-refractivity contribution in [3.63, 3.8) is 0 Å². The predicted octanol–water partition coefficient (Wildman–Crippen LogP) is 3.90. The first-order chi connectivity index (χ1) is 15.7. The van der Waals surface area contributed by atoms with Gasteiger partial charge in [-0.25, -0.2) is 12.7 Å². The monoisotopic (exact) mass is 467 g/mol. The van der Waals surface area contributed by atoms with Gasteiger partial charge in [0, 0.05) is 32.0 Å². The van der Waals surface area contributed by atoms with Gasteiger partial charge in [-0.05, 0) is 42.8 Å². The van der Waals surface area contributed by atoms with Gasteiger partial charge in [-0.15, -0.1) is 0 Å². The highest BCUT2D eigenvalue weighted by Gasteiger charge is 2.23. The van der Waals surface area contributed by atoms with Crippen molar-refractivity contribution in [3.05, 3.63) is 83.9 Å². The summed E-state index contributed by atoms with van der Waals surface area (Å²) < 4.78 is 31.7. The van der Waals surface area contributed by atoms with Gasteiger partial charge >= 0.3 is 0 Å². The Morgan fingerprint density at radius 2 is 1.64 bits per heavy atom. The zero-order valence-electron chi connectivity index (χ0n) is 19.3. The van der Waals surface area contributed by atoms with Crippen LogP contribution in [0.25, 0.3) is 0 Å². The number of hydrogen-bond acceptors (Lipinski definition) is 5. The Morgan fingerprint density at radius 1 is 0.970 bits per heavy atom. The van der Waals surface area contributed by atoms with E-state index in [2.05, 4.69) is 5.32 Å². The number of rotatable bonds is 9. The molecular formula is C25H29N3O4S. The van der Waals surface area contributed by atoms with Crippen molar-refractivity contribution >= 4 is 27.3 Å². The van der Waals surface area contributed by atoms with E-state index in [0.717, 1.165) is 21.1 Å². The third kappa shape index (κ3) is 6.12. The van der Waals surface area contributed by atoms with E-state index in [1.54, 1.807) is 6.07 Å². The molecule has 33 heavy (non-hydrogen) atoms. The summed E-state index contributed by atoms with van der Waals surface area (Å²) in [5.41, 5.74) is 3.51. The minimum Gasteiger partial charge on any atom is -0.495 e. The summed E-state index contributed by atoms with van der Waals surface area (Å²) in [6.07, 6.45) is 0. The lowest BCUT2D eigenvalue weighted by Crippen LogP contribution is -2.33. The van der Waals surface area contributed by atoms with Gasteiger partial charge in [-0.2, -0.15) is 0 Å². The van der Waals surface area contributed by atoms with E-state index in [0.29, 0.717) is 12.2 Å². The lowest BCUT2D eigenvalue weighted by atomic mass is 10.1. The number of benzene rings is 3. The summed E-state index contributed by atoms with van der Waals surface area (Å²) in [7, 11) is 0.561. The van der Waals surface area contributed by atoms with E-state index < -0.39 is 10.0 Å². The van der Waals surface area contributed by atoms with E-state index in [1.807, 2.05) is 66.4 Å². The van der Waals surface area contributed by atoms with E-state index >= 15 is 0 Å². The summed E-state index contributed by atoms with van der Waals surface area (Å²) in [4.78, 5) is 14.9. The Kier molecular flexibility index (Phi) is 7.73. The molecule has 0 atom stereocenters. The zero-order valence-corrected chi connectivity index (χ0v) is 20.1. The fraction of sp³-hybridized carbons (Fsp3) is 0.240. The Bertz CT molecular complexity index is 1190. The maximum atomic E-state index is 13.0. The summed E-state index contributed by atoms with van der Waals surface area (Å²) in [5.74, 6) is -0.0445. The number of hydrogen-bond donors (Lipinski definition) is 1. The number of sulfonamides is 1. The van der Waals surface area contributed by atoms with Crippen LogP contribution in [0.15, 0.2) is 77.7 Å². The molecule has 0 radical (unpaired) electrons. The van der Waals surface area contributed by atoms with Crippen LogP contribution in [-0.2, 0) is 21.4 Å². The molecule has 1 N–H and O–H groups in total. The van der Waals surface area contributed by atoms with Gasteiger partial charge in [0.1, 0.15) is 10.6 Å². The highest BCUT2D eigenvalue weighted by atomic mass is 32.2. The fourth-order valence-electron chi connectivity index (χ4n) is 3.32. The molecule has 0 aromatic heterocycles. The molecule has 0 fully saturated rings. The molecule has 174 valence electrons. The number of carbonyl (C=O) groups is 1. The SMILES string of the molecule is COc1ccc(NC(=O)CN(Cc2ccccc2)c2ccc(C)cc2)cc1S(=O)(=O)N(C)C. The van der Waals surface area contributed by atoms with Crippen LogP contribution in [-0.4, -0.2) is 46.4 Å². The van der Waals surface area contributed by atoms with Crippen LogP contribution in [0.1, 0.15) is 11.1 Å². The average Bonchev–Trinajstić information content (AvgIpc) is 2.79. The molecule has 0 aliphatic rings. The van der Waals surface area contributed by atoms with Gasteiger partial charge in [0.15, 0.2) is 0 Å². The summed E-state index contributed by atoms with van der Waals surface area (Å²) in [6, 6.07) is 22.5. The molecular weight excluding hydrogens is 438 g/mol. The smallest absolute Gasteiger partial charge is 0.246 e. The molecule has 8 heteroatoms. The second-order valence-corrected chi connectivity index (χ2v) is 10.00. The van der Waals surface area contributed by atoms with Crippen molar-refractivity contribution in [2.24, 2.45) is 0 Å². The van der Waals surface area contributed by atoms with Crippen molar-refractivity contribution in [2.75, 3.05) is 38.0 Å². The topological polar surface area (TPSA) is 79.0 Å². The van der Waals surface area contributed by atoms with E-state index in [4.69, 9.17) is 4.74 Å². The highest BCUT2D eigenvalue weighted by Crippen LogP contribution is 2.29. The number of aryl methyl sites for hydroxylation is 1. The van der Waals surface area contributed by atoms with Gasteiger partial charge in [0.2, 0.25) is 15.9 Å². The standard InChI is InChI=1S/C25H29N3O4S/c1-19-10-13-22(14-11-19)28(17-20-8-6-5-7-9-20)18-25(29)26-21-12-15-23(32-4)24(16-21)33(30,31)27(2)3/h5-16H,17-18H2,1-4H3,(H,26,29). The number of nitrogens with one attached hydrogen (secondary N) is 1. The normalized spacial score (nSPS) is 11.3. The van der Waals surface area contributed by atoms with Crippen molar-refractivity contribution in [1.29, 1.82) is 0 Å². The first-order valence-electron chi connectivity index (χ1n) is 10.5. The maximum absolute atomic E-state index is 13.0. The third-order valence-corrected chi connectivity index (χ3v) is 6.99. The van der Waals surface area contributed by atoms with Gasteiger partial charge in [-0.1, -0.05) is 48.0 Å². The van der Waals surface area contributed by atoms with E-state index in [9.17, 15) is 13.2 Å². The molecule has 1 amide bonds. The van der Waals surface area contributed by atoms with Crippen LogP contribution >= 0.6 is 0 Å². The van der Waals surface area contributed by atoms with Crippen LogP contribution in [0, 0.1) is 6.92 Å². The molecule has 0 saturated heterocycles. The van der Waals surface area contributed by atoms with Gasteiger partial charge < -0.3 is 15.0 Å². The fourth-order valence-corrected chi connectivity index (χ4v) is 4.40. The van der Waals surface area contributed by atoms with Crippen LogP contribution in [0.3, 0.4) is 0 Å². The van der Waals surface area contributed by atoms with Crippen molar-refractivity contribution < 1.29 is 17.9 Å². The molecule has 3 aromatic carbocycles. The zero-order chi connectivity index (χ0) is 24.0. The number of anilines is 2. The van der Waals surface area contributed by atoms with Gasteiger partial charge in [0.05, 0.1) is 13.7 Å². The van der Waals surface area contributed by atoms with Gasteiger partial charge in [0.25, 0.3) is 0 Å². The maximum Gasteiger partial charge on any atom is 0.246 e. The lowest BCUT2D eigenvalue weighted by molar-refractivity contribution is -0.115. The van der Waals surface area contributed by atoms with E-state index in [1.165, 1.54) is 33.3 Å². The summed E-state index contributed by atoms with van der Waals surface area (Å²) in [6.45, 7) is 2.67. The van der Waals surface area contributed by atoms with Crippen LogP contribution < -0.4 is 15.0 Å². The van der Waals surface area contributed by atoms with Crippen LogP contribution in [0.2, 0.25) is 0 Å². The molecule has 0 aliphatic heterocycles. The number of methoxy groups -OCH3 is 1. The van der Waals surface area contributed by atoms with Crippen molar-refractivity contribution in [2.45, 2.75) is 18.4 Å². The number of nitrogens with zero attached hydrogens (tertiary/aromatic N) is 2. The summed E-state index contributed by atoms with van der Waals surface area (Å²) >= 11 is 0. The second-order valence-electron chi connectivity index (χ2n) is 7.88. The average molecular weight is 468 g/mol. The first kappa shape index (κ1) is 24.3. The Hall–Kier alpha value is -3.36. The molecule has 0 saturated carbocycles. The first-order valence-corrected chi connectivity index (χ1v) is 11.9. The molecule has 0 heterocycles. The highest BCUT2D eigenvalue weighted by molar-refractivity contribution is 7.89. The second kappa shape index (κ2) is 10.5. The Balaban J connectivity index is 1.83. The minimum atomic E-state index is -3.74. The summed E-state index contributed by atoms with van der Waals surface area (Å²) in [5, 5.41) is 2.82. The Morgan fingerprint density at radius 3 is 2.24 bits per heavy atom. The molecule has 0 bridgehead atoms. The molecule has 3 rings (SSSR count). The molecule has 0 spiro atoms. The van der Waals surface area contributed by atoms with E-state index in [-0.39, 0.29) is 23.1 Å². The molecule has 3 aromatic rings. The molecule has 7 nitrogen and oxygen atoms in total. The number of amides is 1. The lowest BCUT2D eigenvalue weighted by Gasteiger charge is -2.25. The van der Waals surface area contributed by atoms with Gasteiger partial charge in [-0.3, -0.25) is 4.79 Å². The third-order valence-electron chi connectivity index (χ3n) is 5.16. The van der Waals surface area contributed by atoms with Crippen molar-refractivity contribution in [1.82, 2.24) is 4.31 Å². The van der Waals surface area contributed by atoms with Crippen LogP contribution in [0.4, 0.5) is 11.4 Å². The number of carbonyl (C=O) groups excluding carboxylic acids is 1. The predicted molar refractivity (Wildman–Crippen MR) is 131 cm³/mol. The van der Waals surface area contributed by atoms with Crippen molar-refractivity contribution in [3.8, 4) is 5.75 Å². The number of ether oxygens (including phenoxy) is 1.